The van der Waals surface area contributed by atoms with Gasteiger partial charge in [-0.05, 0) is 54.6 Å². The van der Waals surface area contributed by atoms with Gasteiger partial charge in [0.2, 0.25) is 0 Å². The number of carbonyl (C=O) groups is 2. The lowest BCUT2D eigenvalue weighted by Gasteiger charge is -2.08. The SMILES string of the molecule is COc1ccc(NC(=O)c2ccc(NC(=O)c3cccc([N+](=O)[O-])c3)cc2)cc1. The number of amides is 2. The topological polar surface area (TPSA) is 111 Å². The standard InChI is InChI=1S/C21H17N3O5/c1-29-19-11-9-17(10-12-19)22-20(25)14-5-7-16(8-6-14)23-21(26)15-3-2-4-18(13-15)24(27)28/h2-13H,1H3,(H,22,25)(H,23,26). The fourth-order valence-corrected chi connectivity index (χ4v) is 2.55. The van der Waals surface area contributed by atoms with E-state index in [2.05, 4.69) is 10.6 Å². The minimum absolute atomic E-state index is 0.164. The van der Waals surface area contributed by atoms with E-state index in [0.717, 1.165) is 0 Å². The van der Waals surface area contributed by atoms with Crippen LogP contribution in [0, 0.1) is 10.1 Å². The zero-order valence-electron chi connectivity index (χ0n) is 15.4. The first-order chi connectivity index (χ1) is 14.0. The van der Waals surface area contributed by atoms with Crippen LogP contribution in [0.2, 0.25) is 0 Å². The Labute approximate surface area is 166 Å². The second-order valence-corrected chi connectivity index (χ2v) is 6.02. The number of carbonyl (C=O) groups excluding carboxylic acids is 2. The summed E-state index contributed by atoms with van der Waals surface area (Å²) in [5.74, 6) is -0.0947. The van der Waals surface area contributed by atoms with Crippen LogP contribution >= 0.6 is 0 Å². The molecule has 3 aromatic rings. The summed E-state index contributed by atoms with van der Waals surface area (Å²) < 4.78 is 5.07. The van der Waals surface area contributed by atoms with Crippen molar-refractivity contribution in [2.45, 2.75) is 0 Å². The normalized spacial score (nSPS) is 10.1. The van der Waals surface area contributed by atoms with Crippen LogP contribution < -0.4 is 15.4 Å². The van der Waals surface area contributed by atoms with Crippen molar-refractivity contribution in [3.63, 3.8) is 0 Å². The number of non-ortho nitro benzene ring substituents is 1. The average Bonchev–Trinajstić information content (AvgIpc) is 2.74. The zero-order valence-corrected chi connectivity index (χ0v) is 15.4. The van der Waals surface area contributed by atoms with Gasteiger partial charge in [0, 0.05) is 34.6 Å². The number of nitro groups is 1. The molecule has 2 N–H and O–H groups in total. The van der Waals surface area contributed by atoms with Gasteiger partial charge in [0.1, 0.15) is 5.75 Å². The quantitative estimate of drug-likeness (QED) is 0.485. The Hall–Kier alpha value is -4.20. The summed E-state index contributed by atoms with van der Waals surface area (Å²) in [5, 5.41) is 16.2. The minimum atomic E-state index is -0.562. The van der Waals surface area contributed by atoms with Gasteiger partial charge in [0.25, 0.3) is 17.5 Å². The van der Waals surface area contributed by atoms with Crippen molar-refractivity contribution in [3.8, 4) is 5.75 Å². The lowest BCUT2D eigenvalue weighted by molar-refractivity contribution is -0.384. The molecule has 0 saturated heterocycles. The van der Waals surface area contributed by atoms with Gasteiger partial charge in [0.15, 0.2) is 0 Å². The van der Waals surface area contributed by atoms with E-state index in [1.807, 2.05) is 0 Å². The van der Waals surface area contributed by atoms with Crippen molar-refractivity contribution in [2.24, 2.45) is 0 Å². The van der Waals surface area contributed by atoms with E-state index in [1.165, 1.54) is 24.3 Å². The molecule has 2 amide bonds. The number of nitrogens with one attached hydrogen (secondary N) is 2. The van der Waals surface area contributed by atoms with Gasteiger partial charge in [-0.15, -0.1) is 0 Å². The molecule has 3 aromatic carbocycles. The summed E-state index contributed by atoms with van der Waals surface area (Å²) >= 11 is 0. The number of methoxy groups -OCH3 is 1. The molecule has 0 bridgehead atoms. The smallest absolute Gasteiger partial charge is 0.270 e. The Kier molecular flexibility index (Phi) is 5.84. The van der Waals surface area contributed by atoms with Crippen molar-refractivity contribution in [1.82, 2.24) is 0 Å². The van der Waals surface area contributed by atoms with Crippen LogP contribution in [-0.2, 0) is 0 Å². The molecule has 0 atom stereocenters. The number of anilines is 2. The van der Waals surface area contributed by atoms with Crippen molar-refractivity contribution in [2.75, 3.05) is 17.7 Å². The number of ether oxygens (including phenoxy) is 1. The molecule has 0 fully saturated rings. The number of nitrogens with zero attached hydrogens (tertiary/aromatic N) is 1. The highest BCUT2D eigenvalue weighted by atomic mass is 16.6. The first-order valence-electron chi connectivity index (χ1n) is 8.57. The highest BCUT2D eigenvalue weighted by Gasteiger charge is 2.12. The zero-order chi connectivity index (χ0) is 20.8. The molecule has 29 heavy (non-hydrogen) atoms. The lowest BCUT2D eigenvalue weighted by Crippen LogP contribution is -2.14. The first-order valence-corrected chi connectivity index (χ1v) is 8.57. The second-order valence-electron chi connectivity index (χ2n) is 6.02. The fourth-order valence-electron chi connectivity index (χ4n) is 2.55. The lowest BCUT2D eigenvalue weighted by atomic mass is 10.1. The largest absolute Gasteiger partial charge is 0.497 e. The number of hydrogen-bond acceptors (Lipinski definition) is 5. The molecule has 0 unspecified atom stereocenters. The molecule has 8 nitrogen and oxygen atoms in total. The van der Waals surface area contributed by atoms with Crippen LogP contribution in [0.3, 0.4) is 0 Å². The Morgan fingerprint density at radius 1 is 0.828 bits per heavy atom. The summed E-state index contributed by atoms with van der Waals surface area (Å²) in [5.41, 5.74) is 1.50. The van der Waals surface area contributed by atoms with Crippen molar-refractivity contribution in [1.29, 1.82) is 0 Å². The molecule has 146 valence electrons. The molecule has 0 aliphatic carbocycles. The fraction of sp³-hybridized carbons (Fsp3) is 0.0476. The molecular formula is C21H17N3O5. The molecule has 0 heterocycles. The maximum atomic E-state index is 12.3. The van der Waals surface area contributed by atoms with Crippen LogP contribution in [-0.4, -0.2) is 23.8 Å². The summed E-state index contributed by atoms with van der Waals surface area (Å²) in [6.07, 6.45) is 0. The van der Waals surface area contributed by atoms with Crippen LogP contribution in [0.5, 0.6) is 5.75 Å². The van der Waals surface area contributed by atoms with E-state index >= 15 is 0 Å². The Morgan fingerprint density at radius 2 is 1.38 bits per heavy atom. The highest BCUT2D eigenvalue weighted by molar-refractivity contribution is 6.06. The van der Waals surface area contributed by atoms with Crippen molar-refractivity contribution in [3.05, 3.63) is 94.0 Å². The molecular weight excluding hydrogens is 374 g/mol. The second kappa shape index (κ2) is 8.66. The predicted octanol–water partition coefficient (Wildman–Crippen LogP) is 4.11. The molecule has 0 radical (unpaired) electrons. The van der Waals surface area contributed by atoms with E-state index in [9.17, 15) is 19.7 Å². The van der Waals surface area contributed by atoms with Crippen LogP contribution in [0.15, 0.2) is 72.8 Å². The number of hydrogen-bond donors (Lipinski definition) is 2. The van der Waals surface area contributed by atoms with E-state index in [0.29, 0.717) is 22.7 Å². The molecule has 0 aliphatic rings. The summed E-state index contributed by atoms with van der Waals surface area (Å²) in [4.78, 5) is 34.9. The van der Waals surface area contributed by atoms with Crippen LogP contribution in [0.4, 0.5) is 17.1 Å². The Morgan fingerprint density at radius 3 is 1.93 bits per heavy atom. The van der Waals surface area contributed by atoms with E-state index < -0.39 is 10.8 Å². The van der Waals surface area contributed by atoms with Gasteiger partial charge in [-0.2, -0.15) is 0 Å². The molecule has 0 saturated carbocycles. The predicted molar refractivity (Wildman–Crippen MR) is 108 cm³/mol. The van der Waals surface area contributed by atoms with Crippen LogP contribution in [0.1, 0.15) is 20.7 Å². The maximum Gasteiger partial charge on any atom is 0.270 e. The van der Waals surface area contributed by atoms with Crippen molar-refractivity contribution >= 4 is 28.9 Å². The third kappa shape index (κ3) is 4.95. The summed E-state index contributed by atoms with van der Waals surface area (Å²) in [6, 6.07) is 18.7. The number of benzene rings is 3. The molecule has 0 spiro atoms. The Bertz CT molecular complexity index is 1050. The van der Waals surface area contributed by atoms with Gasteiger partial charge < -0.3 is 15.4 Å². The van der Waals surface area contributed by atoms with E-state index in [1.54, 1.807) is 55.6 Å². The van der Waals surface area contributed by atoms with E-state index in [-0.39, 0.29) is 17.2 Å². The van der Waals surface area contributed by atoms with Gasteiger partial charge in [-0.3, -0.25) is 19.7 Å². The third-order valence-electron chi connectivity index (χ3n) is 4.07. The molecule has 0 aromatic heterocycles. The minimum Gasteiger partial charge on any atom is -0.497 e. The maximum absolute atomic E-state index is 12.3. The van der Waals surface area contributed by atoms with Crippen LogP contribution in [0.25, 0.3) is 0 Å². The molecule has 0 aliphatic heterocycles. The summed E-state index contributed by atoms with van der Waals surface area (Å²) in [6.45, 7) is 0. The van der Waals surface area contributed by atoms with Gasteiger partial charge >= 0.3 is 0 Å². The van der Waals surface area contributed by atoms with Crippen molar-refractivity contribution < 1.29 is 19.2 Å². The van der Waals surface area contributed by atoms with Gasteiger partial charge in [-0.1, -0.05) is 6.07 Å². The monoisotopic (exact) mass is 391 g/mol. The van der Waals surface area contributed by atoms with E-state index in [4.69, 9.17) is 4.74 Å². The Balaban J connectivity index is 1.64. The highest BCUT2D eigenvalue weighted by Crippen LogP contribution is 2.18. The third-order valence-corrected chi connectivity index (χ3v) is 4.07. The van der Waals surface area contributed by atoms with Gasteiger partial charge in [-0.25, -0.2) is 0 Å². The van der Waals surface area contributed by atoms with Gasteiger partial charge in [0.05, 0.1) is 12.0 Å². The number of nitro benzene ring substituents is 1. The first kappa shape index (κ1) is 19.6. The number of rotatable bonds is 6. The molecule has 3 rings (SSSR count). The average molecular weight is 391 g/mol. The molecule has 8 heteroatoms. The summed E-state index contributed by atoms with van der Waals surface area (Å²) in [7, 11) is 1.56.